The molecule has 0 radical (unpaired) electrons. The molecule has 4 nitrogen and oxygen atoms in total. The van der Waals surface area contributed by atoms with Crippen LogP contribution >= 0.6 is 0 Å². The number of benzene rings is 2. The Kier molecular flexibility index (Phi) is 4.48. The van der Waals surface area contributed by atoms with E-state index >= 15 is 0 Å². The molecular formula is C17H20N2O2. The van der Waals surface area contributed by atoms with Crippen molar-refractivity contribution >= 4 is 11.6 Å². The minimum atomic E-state index is -0.189. The van der Waals surface area contributed by atoms with Gasteiger partial charge in [-0.2, -0.15) is 0 Å². The minimum absolute atomic E-state index is 0.0831. The van der Waals surface area contributed by atoms with Gasteiger partial charge in [-0.15, -0.1) is 0 Å². The Morgan fingerprint density at radius 3 is 2.57 bits per heavy atom. The van der Waals surface area contributed by atoms with E-state index in [0.29, 0.717) is 17.0 Å². The molecule has 110 valence electrons. The van der Waals surface area contributed by atoms with E-state index in [9.17, 15) is 4.79 Å². The topological polar surface area (TPSA) is 64.3 Å². The van der Waals surface area contributed by atoms with Crippen molar-refractivity contribution in [2.45, 2.75) is 19.9 Å². The molecule has 0 aromatic heterocycles. The molecule has 2 rings (SSSR count). The van der Waals surface area contributed by atoms with E-state index in [1.807, 2.05) is 38.1 Å². The number of amides is 1. The number of aryl methyl sites for hydroxylation is 1. The zero-order valence-electron chi connectivity index (χ0n) is 12.5. The van der Waals surface area contributed by atoms with Crippen molar-refractivity contribution in [2.75, 3.05) is 12.8 Å². The van der Waals surface area contributed by atoms with Gasteiger partial charge in [0.1, 0.15) is 5.75 Å². The van der Waals surface area contributed by atoms with E-state index < -0.39 is 0 Å². The Hall–Kier alpha value is -2.49. The normalized spacial score (nSPS) is 11.8. The monoisotopic (exact) mass is 284 g/mol. The van der Waals surface area contributed by atoms with Crippen LogP contribution in [0.15, 0.2) is 42.5 Å². The van der Waals surface area contributed by atoms with Gasteiger partial charge in [-0.1, -0.05) is 24.3 Å². The number of rotatable bonds is 4. The average molecular weight is 284 g/mol. The quantitative estimate of drug-likeness (QED) is 0.848. The van der Waals surface area contributed by atoms with Crippen molar-refractivity contribution in [3.8, 4) is 5.75 Å². The lowest BCUT2D eigenvalue weighted by molar-refractivity contribution is 0.0940. The summed E-state index contributed by atoms with van der Waals surface area (Å²) in [5.41, 5.74) is 9.00. The first-order valence-corrected chi connectivity index (χ1v) is 6.83. The third-order valence-corrected chi connectivity index (χ3v) is 3.51. The first-order valence-electron chi connectivity index (χ1n) is 6.83. The first-order chi connectivity index (χ1) is 10.0. The molecular weight excluding hydrogens is 264 g/mol. The molecule has 1 unspecified atom stereocenters. The molecule has 2 aromatic carbocycles. The zero-order valence-corrected chi connectivity index (χ0v) is 12.5. The SMILES string of the molecule is COc1ccc(C(=O)NC(C)c2ccccc2C)c(N)c1. The number of ether oxygens (including phenoxy) is 1. The molecule has 0 aliphatic heterocycles. The van der Waals surface area contributed by atoms with Gasteiger partial charge < -0.3 is 15.8 Å². The van der Waals surface area contributed by atoms with Crippen LogP contribution < -0.4 is 15.8 Å². The van der Waals surface area contributed by atoms with Crippen LogP contribution in [0.2, 0.25) is 0 Å². The molecule has 2 aromatic rings. The summed E-state index contributed by atoms with van der Waals surface area (Å²) >= 11 is 0. The summed E-state index contributed by atoms with van der Waals surface area (Å²) in [4.78, 5) is 12.3. The summed E-state index contributed by atoms with van der Waals surface area (Å²) in [5.74, 6) is 0.446. The first kappa shape index (κ1) is 14.9. The van der Waals surface area contributed by atoms with Gasteiger partial charge in [0.05, 0.1) is 18.7 Å². The van der Waals surface area contributed by atoms with Crippen molar-refractivity contribution in [1.29, 1.82) is 0 Å². The second-order valence-corrected chi connectivity index (χ2v) is 5.00. The third-order valence-electron chi connectivity index (χ3n) is 3.51. The van der Waals surface area contributed by atoms with Crippen molar-refractivity contribution in [3.63, 3.8) is 0 Å². The van der Waals surface area contributed by atoms with Gasteiger partial charge in [0, 0.05) is 11.8 Å². The van der Waals surface area contributed by atoms with Crippen LogP contribution in [0.4, 0.5) is 5.69 Å². The van der Waals surface area contributed by atoms with Gasteiger partial charge in [0.15, 0.2) is 0 Å². The number of carbonyl (C=O) groups is 1. The van der Waals surface area contributed by atoms with Gasteiger partial charge in [0.2, 0.25) is 0 Å². The fourth-order valence-electron chi connectivity index (χ4n) is 2.30. The molecule has 0 saturated carbocycles. The van der Waals surface area contributed by atoms with Crippen molar-refractivity contribution in [2.24, 2.45) is 0 Å². The fourth-order valence-corrected chi connectivity index (χ4v) is 2.30. The van der Waals surface area contributed by atoms with Crippen LogP contribution in [-0.2, 0) is 0 Å². The van der Waals surface area contributed by atoms with Crippen LogP contribution in [0.1, 0.15) is 34.5 Å². The summed E-state index contributed by atoms with van der Waals surface area (Å²) in [5, 5.41) is 2.97. The lowest BCUT2D eigenvalue weighted by Crippen LogP contribution is -2.27. The Morgan fingerprint density at radius 1 is 1.24 bits per heavy atom. The number of nitrogens with one attached hydrogen (secondary N) is 1. The summed E-state index contributed by atoms with van der Waals surface area (Å²) in [7, 11) is 1.56. The predicted molar refractivity (Wildman–Crippen MR) is 84.5 cm³/mol. The highest BCUT2D eigenvalue weighted by Gasteiger charge is 2.15. The van der Waals surface area contributed by atoms with Crippen LogP contribution in [0.5, 0.6) is 5.75 Å². The maximum absolute atomic E-state index is 12.3. The number of hydrogen-bond donors (Lipinski definition) is 2. The zero-order chi connectivity index (χ0) is 15.4. The summed E-state index contributed by atoms with van der Waals surface area (Å²) in [6.45, 7) is 3.99. The molecule has 4 heteroatoms. The number of nitrogens with two attached hydrogens (primary N) is 1. The van der Waals surface area contributed by atoms with Gasteiger partial charge in [0.25, 0.3) is 5.91 Å². The highest BCUT2D eigenvalue weighted by molar-refractivity contribution is 5.99. The molecule has 3 N–H and O–H groups in total. The van der Waals surface area contributed by atoms with E-state index in [0.717, 1.165) is 11.1 Å². The van der Waals surface area contributed by atoms with Gasteiger partial charge in [-0.3, -0.25) is 4.79 Å². The average Bonchev–Trinajstić information content (AvgIpc) is 2.47. The number of nitrogen functional groups attached to an aromatic ring is 1. The van der Waals surface area contributed by atoms with Crippen molar-refractivity contribution in [3.05, 3.63) is 59.2 Å². The fraction of sp³-hybridized carbons (Fsp3) is 0.235. The Balaban J connectivity index is 2.16. The molecule has 0 saturated heterocycles. The Morgan fingerprint density at radius 2 is 1.95 bits per heavy atom. The van der Waals surface area contributed by atoms with Crippen LogP contribution in [0.25, 0.3) is 0 Å². The Labute approximate surface area is 124 Å². The van der Waals surface area contributed by atoms with E-state index in [1.54, 1.807) is 25.3 Å². The maximum Gasteiger partial charge on any atom is 0.253 e. The summed E-state index contributed by atoms with van der Waals surface area (Å²) in [6.07, 6.45) is 0. The number of anilines is 1. The summed E-state index contributed by atoms with van der Waals surface area (Å²) < 4.78 is 5.08. The highest BCUT2D eigenvalue weighted by Crippen LogP contribution is 2.21. The van der Waals surface area contributed by atoms with Crippen LogP contribution in [0, 0.1) is 6.92 Å². The summed E-state index contributed by atoms with van der Waals surface area (Å²) in [6, 6.07) is 12.9. The molecule has 21 heavy (non-hydrogen) atoms. The van der Waals surface area contributed by atoms with Crippen LogP contribution in [-0.4, -0.2) is 13.0 Å². The predicted octanol–water partition coefficient (Wildman–Crippen LogP) is 3.08. The maximum atomic E-state index is 12.3. The minimum Gasteiger partial charge on any atom is -0.497 e. The molecule has 0 aliphatic carbocycles. The molecule has 0 heterocycles. The molecule has 1 atom stereocenters. The van der Waals surface area contributed by atoms with E-state index in [4.69, 9.17) is 10.5 Å². The third kappa shape index (κ3) is 3.34. The van der Waals surface area contributed by atoms with Gasteiger partial charge >= 0.3 is 0 Å². The number of methoxy groups -OCH3 is 1. The number of hydrogen-bond acceptors (Lipinski definition) is 3. The molecule has 0 fully saturated rings. The Bertz CT molecular complexity index is 653. The standard InChI is InChI=1S/C17H20N2O2/c1-11-6-4-5-7-14(11)12(2)19-17(20)15-9-8-13(21-3)10-16(15)18/h4-10,12H,18H2,1-3H3,(H,19,20). The lowest BCUT2D eigenvalue weighted by atomic mass is 10.0. The van der Waals surface area contributed by atoms with E-state index in [-0.39, 0.29) is 11.9 Å². The van der Waals surface area contributed by atoms with E-state index in [1.165, 1.54) is 0 Å². The van der Waals surface area contributed by atoms with Crippen molar-refractivity contribution in [1.82, 2.24) is 5.32 Å². The van der Waals surface area contributed by atoms with E-state index in [2.05, 4.69) is 5.32 Å². The smallest absolute Gasteiger partial charge is 0.253 e. The number of carbonyl (C=O) groups excluding carboxylic acids is 1. The van der Waals surface area contributed by atoms with Gasteiger partial charge in [-0.05, 0) is 37.1 Å². The second-order valence-electron chi connectivity index (χ2n) is 5.00. The largest absolute Gasteiger partial charge is 0.497 e. The van der Waals surface area contributed by atoms with Gasteiger partial charge in [-0.25, -0.2) is 0 Å². The molecule has 0 bridgehead atoms. The van der Waals surface area contributed by atoms with Crippen LogP contribution in [0.3, 0.4) is 0 Å². The molecule has 1 amide bonds. The molecule has 0 spiro atoms. The molecule has 0 aliphatic rings. The highest BCUT2D eigenvalue weighted by atomic mass is 16.5. The lowest BCUT2D eigenvalue weighted by Gasteiger charge is -2.17. The second kappa shape index (κ2) is 6.31. The van der Waals surface area contributed by atoms with Crippen molar-refractivity contribution < 1.29 is 9.53 Å².